The summed E-state index contributed by atoms with van der Waals surface area (Å²) in [6.07, 6.45) is 1.62. The Morgan fingerprint density at radius 3 is 2.60 bits per heavy atom. The predicted octanol–water partition coefficient (Wildman–Crippen LogP) is 3.05. The Labute approximate surface area is 173 Å². The van der Waals surface area contributed by atoms with Crippen LogP contribution in [-0.4, -0.2) is 38.4 Å². The largest absolute Gasteiger partial charge is 0.486 e. The minimum atomic E-state index is -4.01. The fourth-order valence-corrected chi connectivity index (χ4v) is 3.67. The third-order valence-electron chi connectivity index (χ3n) is 4.25. The van der Waals surface area contributed by atoms with Crippen molar-refractivity contribution in [1.29, 1.82) is 0 Å². The number of carbonyl (C=O) groups excluding carboxylic acids is 1. The lowest BCUT2D eigenvalue weighted by atomic mass is 10.1. The summed E-state index contributed by atoms with van der Waals surface area (Å²) in [4.78, 5) is 22.0. The Bertz CT molecular complexity index is 1110. The number of benzene rings is 2. The summed E-state index contributed by atoms with van der Waals surface area (Å²) >= 11 is 0. The second-order valence-corrected chi connectivity index (χ2v) is 8.24. The fraction of sp³-hybridized carbons (Fsp3) is 0.250. The molecular weight excluding hydrogens is 414 g/mol. The van der Waals surface area contributed by atoms with Crippen molar-refractivity contribution in [1.82, 2.24) is 0 Å². The number of carbonyl (C=O) groups is 1. The third kappa shape index (κ3) is 4.84. The number of ketones is 1. The van der Waals surface area contributed by atoms with Crippen LogP contribution < -0.4 is 9.47 Å². The van der Waals surface area contributed by atoms with Crippen LogP contribution in [0.2, 0.25) is 0 Å². The number of aryl methyl sites for hydroxylation is 1. The third-order valence-corrected chi connectivity index (χ3v) is 5.54. The zero-order valence-corrected chi connectivity index (χ0v) is 17.0. The van der Waals surface area contributed by atoms with E-state index in [-0.39, 0.29) is 46.6 Å². The number of fused-ring (bicyclic) bond motifs is 1. The minimum Gasteiger partial charge on any atom is -0.486 e. The molecule has 3 rings (SSSR count). The highest BCUT2D eigenvalue weighted by Gasteiger charge is 2.29. The Kier molecular flexibility index (Phi) is 6.18. The predicted molar refractivity (Wildman–Crippen MR) is 107 cm³/mol. The summed E-state index contributed by atoms with van der Waals surface area (Å²) in [6.45, 7) is 2.78. The first-order chi connectivity index (χ1) is 14.2. The van der Waals surface area contributed by atoms with Crippen LogP contribution in [0.25, 0.3) is 6.08 Å². The van der Waals surface area contributed by atoms with Gasteiger partial charge >= 0.3 is 0 Å². The van der Waals surface area contributed by atoms with E-state index in [4.69, 9.17) is 13.7 Å². The van der Waals surface area contributed by atoms with Crippen molar-refractivity contribution in [2.24, 2.45) is 0 Å². The minimum absolute atomic E-state index is 0.00551. The first-order valence-electron chi connectivity index (χ1n) is 8.93. The highest BCUT2D eigenvalue weighted by molar-refractivity contribution is 7.86. The van der Waals surface area contributed by atoms with Crippen molar-refractivity contribution < 1.29 is 31.8 Å². The van der Waals surface area contributed by atoms with Crippen LogP contribution in [0.4, 0.5) is 5.69 Å². The average Bonchev–Trinajstić information content (AvgIpc) is 2.70. The molecule has 0 saturated carbocycles. The van der Waals surface area contributed by atoms with Crippen LogP contribution >= 0.6 is 0 Å². The summed E-state index contributed by atoms with van der Waals surface area (Å²) in [6, 6.07) is 8.82. The molecule has 1 aliphatic rings. The van der Waals surface area contributed by atoms with Gasteiger partial charge in [0.2, 0.25) is 0 Å². The SMILES string of the molecule is CC(=O)C=Cc1c([N+](=O)[O-])ccc2c1OC(COS(=O)(=O)c1ccc(C)cc1)CO2. The van der Waals surface area contributed by atoms with Gasteiger partial charge in [0.1, 0.15) is 13.2 Å². The van der Waals surface area contributed by atoms with E-state index in [1.807, 2.05) is 6.92 Å². The maximum atomic E-state index is 12.4. The molecule has 0 aliphatic carbocycles. The van der Waals surface area contributed by atoms with Crippen LogP contribution in [0.15, 0.2) is 47.4 Å². The van der Waals surface area contributed by atoms with E-state index < -0.39 is 21.1 Å². The summed E-state index contributed by atoms with van der Waals surface area (Å²) in [5, 5.41) is 11.4. The van der Waals surface area contributed by atoms with Gasteiger partial charge in [0.15, 0.2) is 23.4 Å². The summed E-state index contributed by atoms with van der Waals surface area (Å²) in [7, 11) is -4.01. The quantitative estimate of drug-likeness (QED) is 0.283. The van der Waals surface area contributed by atoms with E-state index in [0.29, 0.717) is 0 Å². The van der Waals surface area contributed by atoms with Crippen molar-refractivity contribution in [3.63, 3.8) is 0 Å². The molecule has 2 aromatic carbocycles. The molecule has 30 heavy (non-hydrogen) atoms. The number of nitrogens with zero attached hydrogens (tertiary/aromatic N) is 1. The molecule has 0 fully saturated rings. The molecule has 158 valence electrons. The van der Waals surface area contributed by atoms with Gasteiger partial charge in [-0.25, -0.2) is 0 Å². The molecule has 1 heterocycles. The highest BCUT2D eigenvalue weighted by atomic mass is 32.2. The normalized spacial score (nSPS) is 15.9. The molecule has 0 aromatic heterocycles. The van der Waals surface area contributed by atoms with Crippen LogP contribution in [0.5, 0.6) is 11.5 Å². The monoisotopic (exact) mass is 433 g/mol. The van der Waals surface area contributed by atoms with E-state index in [1.54, 1.807) is 12.1 Å². The zero-order valence-electron chi connectivity index (χ0n) is 16.2. The topological polar surface area (TPSA) is 122 Å². The molecule has 0 saturated heterocycles. The molecule has 0 spiro atoms. The van der Waals surface area contributed by atoms with Crippen LogP contribution in [0, 0.1) is 17.0 Å². The molecule has 1 atom stereocenters. The summed E-state index contributed by atoms with van der Waals surface area (Å²) in [5.41, 5.74) is 0.685. The van der Waals surface area contributed by atoms with Gasteiger partial charge < -0.3 is 9.47 Å². The maximum Gasteiger partial charge on any atom is 0.297 e. The molecule has 9 nitrogen and oxygen atoms in total. The lowest BCUT2D eigenvalue weighted by Crippen LogP contribution is -2.34. The summed E-state index contributed by atoms with van der Waals surface area (Å²) in [5.74, 6) is -0.00145. The van der Waals surface area contributed by atoms with E-state index in [2.05, 4.69) is 0 Å². The standard InChI is InChI=1S/C20H19NO8S/c1-13-3-6-16(7-4-13)30(25,26)28-12-15-11-27-19-10-9-18(21(23)24)17(20(19)29-15)8-5-14(2)22/h3-10,15H,11-12H2,1-2H3. The Morgan fingerprint density at radius 1 is 1.27 bits per heavy atom. The van der Waals surface area contributed by atoms with Gasteiger partial charge in [-0.1, -0.05) is 17.7 Å². The lowest BCUT2D eigenvalue weighted by molar-refractivity contribution is -0.385. The highest BCUT2D eigenvalue weighted by Crippen LogP contribution is 2.41. The first-order valence-corrected chi connectivity index (χ1v) is 10.3. The number of allylic oxidation sites excluding steroid dienone is 1. The molecule has 0 bridgehead atoms. The van der Waals surface area contributed by atoms with Crippen LogP contribution in [-0.2, 0) is 19.1 Å². The molecule has 0 radical (unpaired) electrons. The van der Waals surface area contributed by atoms with Gasteiger partial charge in [0.25, 0.3) is 15.8 Å². The van der Waals surface area contributed by atoms with E-state index in [1.165, 1.54) is 43.3 Å². The van der Waals surface area contributed by atoms with Crippen molar-refractivity contribution in [3.8, 4) is 11.5 Å². The van der Waals surface area contributed by atoms with Crippen molar-refractivity contribution >= 4 is 27.7 Å². The smallest absolute Gasteiger partial charge is 0.297 e. The molecule has 1 aliphatic heterocycles. The number of hydrogen-bond donors (Lipinski definition) is 0. The van der Waals surface area contributed by atoms with Gasteiger partial charge in [0, 0.05) is 6.07 Å². The van der Waals surface area contributed by atoms with Gasteiger partial charge in [-0.2, -0.15) is 8.42 Å². The van der Waals surface area contributed by atoms with E-state index >= 15 is 0 Å². The second-order valence-electron chi connectivity index (χ2n) is 6.63. The van der Waals surface area contributed by atoms with E-state index in [9.17, 15) is 23.3 Å². The molecule has 10 heteroatoms. The zero-order chi connectivity index (χ0) is 21.9. The average molecular weight is 433 g/mol. The van der Waals surface area contributed by atoms with Crippen molar-refractivity contribution in [3.05, 3.63) is 63.7 Å². The van der Waals surface area contributed by atoms with Crippen LogP contribution in [0.1, 0.15) is 18.1 Å². The van der Waals surface area contributed by atoms with Crippen LogP contribution in [0.3, 0.4) is 0 Å². The second kappa shape index (κ2) is 8.64. The fourth-order valence-electron chi connectivity index (χ4n) is 2.73. The molecule has 0 N–H and O–H groups in total. The van der Waals surface area contributed by atoms with Gasteiger partial charge in [0.05, 0.1) is 15.4 Å². The molecule has 0 amide bonds. The molecule has 1 unspecified atom stereocenters. The number of nitro benzene ring substituents is 1. The Balaban J connectivity index is 1.82. The van der Waals surface area contributed by atoms with Crippen molar-refractivity contribution in [2.75, 3.05) is 13.2 Å². The van der Waals surface area contributed by atoms with Gasteiger partial charge in [-0.05, 0) is 44.2 Å². The Hall–Kier alpha value is -3.24. The molecule has 2 aromatic rings. The first kappa shape index (κ1) is 21.5. The van der Waals surface area contributed by atoms with Gasteiger partial charge in [-0.15, -0.1) is 0 Å². The van der Waals surface area contributed by atoms with E-state index in [0.717, 1.165) is 5.56 Å². The van der Waals surface area contributed by atoms with Crippen molar-refractivity contribution in [2.45, 2.75) is 24.8 Å². The number of nitro groups is 1. The Morgan fingerprint density at radius 2 is 1.97 bits per heavy atom. The lowest BCUT2D eigenvalue weighted by Gasteiger charge is -2.27. The summed E-state index contributed by atoms with van der Waals surface area (Å²) < 4.78 is 41.1. The maximum absolute atomic E-state index is 12.4. The van der Waals surface area contributed by atoms with Gasteiger partial charge in [-0.3, -0.25) is 19.1 Å². The molecular formula is C20H19NO8S. The number of ether oxygens (including phenoxy) is 2. The number of rotatable bonds is 7. The number of hydrogen-bond acceptors (Lipinski definition) is 8.